The first kappa shape index (κ1) is 15.3. The molecule has 2 amide bonds. The lowest BCUT2D eigenvalue weighted by Crippen LogP contribution is -2.34. The van der Waals surface area contributed by atoms with E-state index in [1.54, 1.807) is 24.3 Å². The number of rotatable bonds is 6. The lowest BCUT2D eigenvalue weighted by Gasteiger charge is -2.17. The maximum atomic E-state index is 11.6. The molecule has 0 spiro atoms. The van der Waals surface area contributed by atoms with Crippen LogP contribution in [0.5, 0.6) is 0 Å². The topological polar surface area (TPSA) is 81.4 Å². The number of hydrogen-bond acceptors (Lipinski definition) is 3. The number of nitrogens with two attached hydrogens (primary N) is 1. The van der Waals surface area contributed by atoms with Gasteiger partial charge in [0, 0.05) is 5.02 Å². The molecule has 0 saturated carbocycles. The van der Waals surface area contributed by atoms with E-state index in [-0.39, 0.29) is 12.4 Å². The maximum absolute atomic E-state index is 11.6. The Labute approximate surface area is 117 Å². The highest BCUT2D eigenvalue weighted by Gasteiger charge is 2.18. The molecule has 0 fully saturated rings. The second-order valence-electron chi connectivity index (χ2n) is 4.04. The summed E-state index contributed by atoms with van der Waals surface area (Å²) in [6.45, 7) is 2.27. The molecular formula is C13H17ClN2O3. The van der Waals surface area contributed by atoms with Gasteiger partial charge in [-0.05, 0) is 24.1 Å². The van der Waals surface area contributed by atoms with Gasteiger partial charge in [-0.2, -0.15) is 0 Å². The number of halogens is 1. The molecule has 1 unspecified atom stereocenters. The molecular weight excluding hydrogens is 268 g/mol. The highest BCUT2D eigenvalue weighted by Crippen LogP contribution is 2.19. The fourth-order valence-corrected chi connectivity index (χ4v) is 1.69. The van der Waals surface area contributed by atoms with Gasteiger partial charge in [-0.15, -0.1) is 0 Å². The number of primary amides is 1. The van der Waals surface area contributed by atoms with Gasteiger partial charge in [0.05, 0.1) is 19.1 Å². The third-order valence-corrected chi connectivity index (χ3v) is 2.68. The summed E-state index contributed by atoms with van der Waals surface area (Å²) in [4.78, 5) is 22.6. The number of carbonyl (C=O) groups is 2. The lowest BCUT2D eigenvalue weighted by atomic mass is 10.0. The molecule has 0 bridgehead atoms. The maximum Gasteiger partial charge on any atom is 0.312 e. The van der Waals surface area contributed by atoms with Crippen LogP contribution in [0.4, 0.5) is 4.79 Å². The van der Waals surface area contributed by atoms with E-state index in [9.17, 15) is 9.59 Å². The highest BCUT2D eigenvalue weighted by molar-refractivity contribution is 6.30. The second kappa shape index (κ2) is 7.63. The van der Waals surface area contributed by atoms with Crippen molar-refractivity contribution in [1.82, 2.24) is 5.32 Å². The minimum absolute atomic E-state index is 0.0323. The van der Waals surface area contributed by atoms with Crippen molar-refractivity contribution in [2.45, 2.75) is 25.8 Å². The van der Waals surface area contributed by atoms with Crippen molar-refractivity contribution in [3.8, 4) is 0 Å². The quantitative estimate of drug-likeness (QED) is 0.787. The molecule has 0 aliphatic carbocycles. The van der Waals surface area contributed by atoms with Crippen LogP contribution in [0.1, 0.15) is 31.4 Å². The molecule has 1 aromatic carbocycles. The Balaban J connectivity index is 2.74. The van der Waals surface area contributed by atoms with Crippen molar-refractivity contribution in [3.63, 3.8) is 0 Å². The Kier molecular flexibility index (Phi) is 6.15. The molecule has 6 heteroatoms. The average Bonchev–Trinajstić information content (AvgIpc) is 2.36. The van der Waals surface area contributed by atoms with Gasteiger partial charge >= 0.3 is 12.0 Å². The number of urea groups is 1. The van der Waals surface area contributed by atoms with Crippen LogP contribution in [0.2, 0.25) is 5.02 Å². The smallest absolute Gasteiger partial charge is 0.312 e. The molecule has 1 aromatic rings. The molecule has 1 atom stereocenters. The van der Waals surface area contributed by atoms with Crippen molar-refractivity contribution in [2.75, 3.05) is 6.61 Å². The second-order valence-corrected chi connectivity index (χ2v) is 4.47. The molecule has 0 radical (unpaired) electrons. The summed E-state index contributed by atoms with van der Waals surface area (Å²) in [5, 5.41) is 3.10. The zero-order valence-corrected chi connectivity index (χ0v) is 11.4. The first-order chi connectivity index (χ1) is 9.02. The van der Waals surface area contributed by atoms with Crippen LogP contribution >= 0.6 is 11.6 Å². The number of hydrogen-bond donors (Lipinski definition) is 2. The Morgan fingerprint density at radius 2 is 2.00 bits per heavy atom. The van der Waals surface area contributed by atoms with Gasteiger partial charge in [0.1, 0.15) is 0 Å². The summed E-state index contributed by atoms with van der Waals surface area (Å²) in [7, 11) is 0. The van der Waals surface area contributed by atoms with E-state index in [0.717, 1.165) is 12.0 Å². The van der Waals surface area contributed by atoms with E-state index in [1.165, 1.54) is 0 Å². The van der Waals surface area contributed by atoms with Crippen LogP contribution in [0, 0.1) is 0 Å². The van der Waals surface area contributed by atoms with Crippen molar-refractivity contribution < 1.29 is 14.3 Å². The molecule has 1 rings (SSSR count). The standard InChI is InChI=1S/C13H17ClN2O3/c1-2-7-19-12(17)8-11(16-13(15)18)9-3-5-10(14)6-4-9/h3-6,11H,2,7-8H2,1H3,(H3,15,16,18). The fourth-order valence-electron chi connectivity index (χ4n) is 1.56. The summed E-state index contributed by atoms with van der Waals surface area (Å²) in [5.41, 5.74) is 5.86. The molecule has 5 nitrogen and oxygen atoms in total. The van der Waals surface area contributed by atoms with Crippen LogP contribution < -0.4 is 11.1 Å². The summed E-state index contributed by atoms with van der Waals surface area (Å²) >= 11 is 5.79. The monoisotopic (exact) mass is 284 g/mol. The van der Waals surface area contributed by atoms with Gasteiger partial charge in [-0.25, -0.2) is 4.79 Å². The molecule has 0 aliphatic rings. The van der Waals surface area contributed by atoms with E-state index >= 15 is 0 Å². The van der Waals surface area contributed by atoms with Crippen molar-refractivity contribution in [1.29, 1.82) is 0 Å². The SMILES string of the molecule is CCCOC(=O)CC(NC(N)=O)c1ccc(Cl)cc1. The lowest BCUT2D eigenvalue weighted by molar-refractivity contribution is -0.144. The minimum Gasteiger partial charge on any atom is -0.466 e. The summed E-state index contributed by atoms with van der Waals surface area (Å²) in [6, 6.07) is 5.63. The molecule has 0 aliphatic heterocycles. The van der Waals surface area contributed by atoms with E-state index in [1.807, 2.05) is 6.92 Å². The molecule has 19 heavy (non-hydrogen) atoms. The average molecular weight is 285 g/mol. The Hall–Kier alpha value is -1.75. The van der Waals surface area contributed by atoms with Crippen molar-refractivity contribution >= 4 is 23.6 Å². The Morgan fingerprint density at radius 3 is 2.53 bits per heavy atom. The number of carbonyl (C=O) groups excluding carboxylic acids is 2. The number of amides is 2. The zero-order valence-electron chi connectivity index (χ0n) is 10.7. The van der Waals surface area contributed by atoms with Crippen LogP contribution in [-0.4, -0.2) is 18.6 Å². The predicted molar refractivity (Wildman–Crippen MR) is 72.8 cm³/mol. The predicted octanol–water partition coefficient (Wildman–Crippen LogP) is 2.39. The molecule has 104 valence electrons. The number of nitrogens with one attached hydrogen (secondary N) is 1. The van der Waals surface area contributed by atoms with E-state index < -0.39 is 12.1 Å². The van der Waals surface area contributed by atoms with Gasteiger partial charge < -0.3 is 15.8 Å². The van der Waals surface area contributed by atoms with Crippen LogP contribution in [0.3, 0.4) is 0 Å². The van der Waals surface area contributed by atoms with Crippen molar-refractivity contribution in [3.05, 3.63) is 34.9 Å². The summed E-state index contributed by atoms with van der Waals surface area (Å²) in [6.07, 6.45) is 0.783. The van der Waals surface area contributed by atoms with E-state index in [4.69, 9.17) is 22.1 Å². The summed E-state index contributed by atoms with van der Waals surface area (Å²) in [5.74, 6) is -0.379. The number of benzene rings is 1. The molecule has 0 saturated heterocycles. The number of ether oxygens (including phenoxy) is 1. The largest absolute Gasteiger partial charge is 0.466 e. The minimum atomic E-state index is -0.691. The third kappa shape index (κ3) is 5.61. The van der Waals surface area contributed by atoms with Crippen molar-refractivity contribution in [2.24, 2.45) is 5.73 Å². The molecule has 0 heterocycles. The van der Waals surface area contributed by atoms with E-state index in [0.29, 0.717) is 11.6 Å². The Morgan fingerprint density at radius 1 is 1.37 bits per heavy atom. The fraction of sp³-hybridized carbons (Fsp3) is 0.385. The number of esters is 1. The van der Waals surface area contributed by atoms with Gasteiger partial charge in [0.25, 0.3) is 0 Å². The highest BCUT2D eigenvalue weighted by atomic mass is 35.5. The first-order valence-corrected chi connectivity index (χ1v) is 6.37. The van der Waals surface area contributed by atoms with Crippen LogP contribution in [0.25, 0.3) is 0 Å². The van der Waals surface area contributed by atoms with E-state index in [2.05, 4.69) is 5.32 Å². The van der Waals surface area contributed by atoms with Crippen LogP contribution in [0.15, 0.2) is 24.3 Å². The zero-order chi connectivity index (χ0) is 14.3. The normalized spacial score (nSPS) is 11.7. The first-order valence-electron chi connectivity index (χ1n) is 6.00. The van der Waals surface area contributed by atoms with Gasteiger partial charge in [-0.1, -0.05) is 30.7 Å². The van der Waals surface area contributed by atoms with Crippen LogP contribution in [-0.2, 0) is 9.53 Å². The van der Waals surface area contributed by atoms with Gasteiger partial charge in [0.15, 0.2) is 0 Å². The summed E-state index contributed by atoms with van der Waals surface area (Å²) < 4.78 is 4.99. The molecule has 0 aromatic heterocycles. The molecule has 3 N–H and O–H groups in total. The Bertz CT molecular complexity index is 434. The van der Waals surface area contributed by atoms with Gasteiger partial charge in [0.2, 0.25) is 0 Å². The van der Waals surface area contributed by atoms with Gasteiger partial charge in [-0.3, -0.25) is 4.79 Å². The third-order valence-electron chi connectivity index (χ3n) is 2.43.